The molecule has 0 saturated heterocycles. The van der Waals surface area contributed by atoms with Crippen LogP contribution in [-0.4, -0.2) is 17.7 Å². The molecule has 0 radical (unpaired) electrons. The van der Waals surface area contributed by atoms with Crippen molar-refractivity contribution >= 4 is 11.9 Å². The third kappa shape index (κ3) is 4.79. The van der Waals surface area contributed by atoms with Crippen molar-refractivity contribution in [2.45, 2.75) is 19.6 Å². The summed E-state index contributed by atoms with van der Waals surface area (Å²) in [5.41, 5.74) is 0. The molecule has 0 rings (SSSR count). The Morgan fingerprint density at radius 3 is 1.62 bits per heavy atom. The second kappa shape index (κ2) is 4.45. The fraction of sp³-hybridized carbons (Fsp3) is 0.333. The van der Waals surface area contributed by atoms with Gasteiger partial charge < -0.3 is 9.47 Å². The van der Waals surface area contributed by atoms with Crippen LogP contribution >= 0.6 is 0 Å². The van der Waals surface area contributed by atoms with E-state index in [1.807, 2.05) is 0 Å². The number of rotatable bonds is 4. The molecule has 0 aromatic heterocycles. The minimum Gasteiger partial charge on any atom is -0.420 e. The molecular weight excluding hydrogens is 172 g/mol. The van der Waals surface area contributed by atoms with Crippen LogP contribution in [-0.2, 0) is 19.1 Å². The Kier molecular flexibility index (Phi) is 3.91. The molecule has 0 saturated carbocycles. The molecule has 0 aromatic rings. The molecule has 0 N–H and O–H groups in total. The van der Waals surface area contributed by atoms with E-state index in [0.717, 1.165) is 12.2 Å². The zero-order valence-electron chi connectivity index (χ0n) is 7.70. The molecule has 0 aromatic carbocycles. The van der Waals surface area contributed by atoms with E-state index < -0.39 is 17.7 Å². The Balaban J connectivity index is 4.22. The van der Waals surface area contributed by atoms with E-state index >= 15 is 0 Å². The lowest BCUT2D eigenvalue weighted by Crippen LogP contribution is -2.32. The number of esters is 2. The highest BCUT2D eigenvalue weighted by Crippen LogP contribution is 2.11. The summed E-state index contributed by atoms with van der Waals surface area (Å²) in [7, 11) is 0. The van der Waals surface area contributed by atoms with Gasteiger partial charge in [0.2, 0.25) is 0 Å². The topological polar surface area (TPSA) is 52.6 Å². The first-order chi connectivity index (χ1) is 5.91. The van der Waals surface area contributed by atoms with Gasteiger partial charge in [-0.15, -0.1) is 0 Å². The molecule has 0 heterocycles. The number of ether oxygens (including phenoxy) is 2. The molecule has 0 amide bonds. The van der Waals surface area contributed by atoms with E-state index in [0.29, 0.717) is 0 Å². The standard InChI is InChI=1S/C9H12O4/c1-5-7(10)12-9(3,4)13-8(11)6-2/h5-6H,1-2H2,3-4H3. The van der Waals surface area contributed by atoms with Crippen molar-refractivity contribution < 1.29 is 19.1 Å². The largest absolute Gasteiger partial charge is 0.420 e. The molecule has 72 valence electrons. The molecule has 0 atom stereocenters. The van der Waals surface area contributed by atoms with Crippen LogP contribution in [0.2, 0.25) is 0 Å². The first kappa shape index (κ1) is 11.4. The molecule has 0 aliphatic carbocycles. The number of carbonyl (C=O) groups excluding carboxylic acids is 2. The van der Waals surface area contributed by atoms with Crippen LogP contribution in [0.25, 0.3) is 0 Å². The Bertz CT molecular complexity index is 216. The summed E-state index contributed by atoms with van der Waals surface area (Å²) >= 11 is 0. The predicted molar refractivity (Wildman–Crippen MR) is 46.7 cm³/mol. The number of hydrogen-bond acceptors (Lipinski definition) is 4. The van der Waals surface area contributed by atoms with Gasteiger partial charge in [-0.2, -0.15) is 0 Å². The molecule has 0 bridgehead atoms. The van der Waals surface area contributed by atoms with E-state index in [4.69, 9.17) is 9.47 Å². The average molecular weight is 184 g/mol. The third-order valence-electron chi connectivity index (χ3n) is 1.03. The lowest BCUT2D eigenvalue weighted by Gasteiger charge is -2.23. The summed E-state index contributed by atoms with van der Waals surface area (Å²) in [5, 5.41) is 0. The van der Waals surface area contributed by atoms with Crippen molar-refractivity contribution in [3.8, 4) is 0 Å². The van der Waals surface area contributed by atoms with Gasteiger partial charge in [0.1, 0.15) is 0 Å². The van der Waals surface area contributed by atoms with Crippen molar-refractivity contribution in [3.63, 3.8) is 0 Å². The monoisotopic (exact) mass is 184 g/mol. The van der Waals surface area contributed by atoms with Gasteiger partial charge >= 0.3 is 11.9 Å². The van der Waals surface area contributed by atoms with E-state index in [2.05, 4.69) is 13.2 Å². The summed E-state index contributed by atoms with van der Waals surface area (Å²) in [6.07, 6.45) is 1.98. The van der Waals surface area contributed by atoms with Gasteiger partial charge in [-0.3, -0.25) is 0 Å². The van der Waals surface area contributed by atoms with Gasteiger partial charge in [-0.1, -0.05) is 13.2 Å². The van der Waals surface area contributed by atoms with Gasteiger partial charge in [0.05, 0.1) is 0 Å². The van der Waals surface area contributed by atoms with Crippen LogP contribution in [0.4, 0.5) is 0 Å². The zero-order chi connectivity index (χ0) is 10.5. The Labute approximate surface area is 76.8 Å². The second-order valence-corrected chi connectivity index (χ2v) is 2.65. The average Bonchev–Trinajstić information content (AvgIpc) is 2.02. The SMILES string of the molecule is C=CC(=O)OC(C)(C)OC(=O)C=C. The minimum absolute atomic E-state index is 0.651. The van der Waals surface area contributed by atoms with Gasteiger partial charge in [-0.25, -0.2) is 9.59 Å². The Morgan fingerprint density at radius 2 is 1.38 bits per heavy atom. The number of hydrogen-bond donors (Lipinski definition) is 0. The van der Waals surface area contributed by atoms with Crippen LogP contribution in [0.3, 0.4) is 0 Å². The summed E-state index contributed by atoms with van der Waals surface area (Å²) in [4.78, 5) is 21.5. The van der Waals surface area contributed by atoms with Crippen molar-refractivity contribution in [1.82, 2.24) is 0 Å². The van der Waals surface area contributed by atoms with Crippen molar-refractivity contribution in [3.05, 3.63) is 25.3 Å². The summed E-state index contributed by atoms with van der Waals surface area (Å²) in [6.45, 7) is 9.30. The predicted octanol–water partition coefficient (Wildman–Crippen LogP) is 1.18. The molecule has 0 spiro atoms. The smallest absolute Gasteiger partial charge is 0.333 e. The van der Waals surface area contributed by atoms with Crippen LogP contribution in [0, 0.1) is 0 Å². The lowest BCUT2D eigenvalue weighted by atomic mass is 10.4. The second-order valence-electron chi connectivity index (χ2n) is 2.65. The fourth-order valence-electron chi connectivity index (χ4n) is 0.589. The zero-order valence-corrected chi connectivity index (χ0v) is 7.70. The summed E-state index contributed by atoms with van der Waals surface area (Å²) in [6, 6.07) is 0. The molecule has 0 fully saturated rings. The van der Waals surface area contributed by atoms with E-state index in [-0.39, 0.29) is 0 Å². The van der Waals surface area contributed by atoms with Gasteiger partial charge in [0.15, 0.2) is 0 Å². The van der Waals surface area contributed by atoms with Crippen molar-refractivity contribution in [2.75, 3.05) is 0 Å². The van der Waals surface area contributed by atoms with Crippen LogP contribution in [0.1, 0.15) is 13.8 Å². The summed E-state index contributed by atoms with van der Waals surface area (Å²) in [5.74, 6) is -2.60. The van der Waals surface area contributed by atoms with Crippen LogP contribution < -0.4 is 0 Å². The molecule has 0 aliphatic heterocycles. The molecule has 0 unspecified atom stereocenters. The number of carbonyl (C=O) groups is 2. The normalized spacial score (nSPS) is 10.0. The van der Waals surface area contributed by atoms with E-state index in [9.17, 15) is 9.59 Å². The van der Waals surface area contributed by atoms with Crippen LogP contribution in [0.15, 0.2) is 25.3 Å². The first-order valence-corrected chi connectivity index (χ1v) is 3.62. The lowest BCUT2D eigenvalue weighted by molar-refractivity contribution is -0.209. The van der Waals surface area contributed by atoms with E-state index in [1.165, 1.54) is 13.8 Å². The Morgan fingerprint density at radius 1 is 1.08 bits per heavy atom. The Hall–Kier alpha value is -1.58. The maximum Gasteiger partial charge on any atom is 0.333 e. The highest BCUT2D eigenvalue weighted by Gasteiger charge is 2.25. The maximum absolute atomic E-state index is 10.7. The fourth-order valence-corrected chi connectivity index (χ4v) is 0.589. The first-order valence-electron chi connectivity index (χ1n) is 3.62. The molecule has 4 nitrogen and oxygen atoms in total. The molecule has 13 heavy (non-hydrogen) atoms. The highest BCUT2D eigenvalue weighted by molar-refractivity contribution is 5.83. The summed E-state index contributed by atoms with van der Waals surface area (Å²) < 4.78 is 9.42. The maximum atomic E-state index is 10.7. The van der Waals surface area contributed by atoms with Gasteiger partial charge in [-0.05, 0) is 0 Å². The van der Waals surface area contributed by atoms with E-state index in [1.54, 1.807) is 0 Å². The molecule has 0 aliphatic rings. The highest BCUT2D eigenvalue weighted by atomic mass is 16.7. The third-order valence-corrected chi connectivity index (χ3v) is 1.03. The quantitative estimate of drug-likeness (QED) is 0.374. The van der Waals surface area contributed by atoms with Crippen molar-refractivity contribution in [1.29, 1.82) is 0 Å². The minimum atomic E-state index is -1.30. The van der Waals surface area contributed by atoms with Gasteiger partial charge in [0.25, 0.3) is 5.79 Å². The van der Waals surface area contributed by atoms with Crippen LogP contribution in [0.5, 0.6) is 0 Å². The van der Waals surface area contributed by atoms with Gasteiger partial charge in [0, 0.05) is 26.0 Å². The molecule has 4 heteroatoms. The van der Waals surface area contributed by atoms with Crippen molar-refractivity contribution in [2.24, 2.45) is 0 Å². The molecular formula is C9H12O4.